The summed E-state index contributed by atoms with van der Waals surface area (Å²) in [5.41, 5.74) is -0.140. The van der Waals surface area contributed by atoms with Crippen LogP contribution in [0.25, 0.3) is 5.82 Å². The van der Waals surface area contributed by atoms with Gasteiger partial charge in [-0.15, -0.1) is 0 Å². The van der Waals surface area contributed by atoms with Crippen LogP contribution in [-0.2, 0) is 6.54 Å². The zero-order valence-electron chi connectivity index (χ0n) is 15.2. The van der Waals surface area contributed by atoms with Crippen molar-refractivity contribution in [1.29, 1.82) is 0 Å². The molecule has 9 heteroatoms. The van der Waals surface area contributed by atoms with Crippen molar-refractivity contribution in [1.82, 2.24) is 29.3 Å². The first-order valence-electron chi connectivity index (χ1n) is 9.10. The molecule has 1 saturated heterocycles. The van der Waals surface area contributed by atoms with Crippen LogP contribution in [0.1, 0.15) is 18.7 Å². The van der Waals surface area contributed by atoms with Crippen molar-refractivity contribution in [2.24, 2.45) is 0 Å². The fourth-order valence-corrected chi connectivity index (χ4v) is 3.20. The lowest BCUT2D eigenvalue weighted by Gasteiger charge is -2.16. The minimum atomic E-state index is -0.140. The summed E-state index contributed by atoms with van der Waals surface area (Å²) >= 11 is 0. The molecule has 1 fully saturated rings. The molecule has 0 spiro atoms. The summed E-state index contributed by atoms with van der Waals surface area (Å²) in [4.78, 5) is 27.2. The Hall–Kier alpha value is -3.23. The van der Waals surface area contributed by atoms with E-state index in [1.54, 1.807) is 18.6 Å². The first-order valence-corrected chi connectivity index (χ1v) is 9.10. The van der Waals surface area contributed by atoms with Crippen LogP contribution in [0.5, 0.6) is 0 Å². The van der Waals surface area contributed by atoms with Gasteiger partial charge in [0.15, 0.2) is 5.82 Å². The van der Waals surface area contributed by atoms with E-state index in [4.69, 9.17) is 0 Å². The monoisotopic (exact) mass is 366 g/mol. The molecular formula is C18H22N8O. The maximum Gasteiger partial charge on any atom is 0.266 e. The van der Waals surface area contributed by atoms with Crippen molar-refractivity contribution in [2.45, 2.75) is 26.3 Å². The molecule has 0 unspecified atom stereocenters. The van der Waals surface area contributed by atoms with Gasteiger partial charge >= 0.3 is 0 Å². The molecule has 1 aliphatic rings. The molecule has 3 aromatic rings. The predicted molar refractivity (Wildman–Crippen MR) is 102 cm³/mol. The van der Waals surface area contributed by atoms with Crippen molar-refractivity contribution in [3.8, 4) is 5.82 Å². The van der Waals surface area contributed by atoms with Gasteiger partial charge in [0.1, 0.15) is 23.8 Å². The van der Waals surface area contributed by atoms with Crippen LogP contribution in [0.3, 0.4) is 0 Å². The molecule has 0 aromatic carbocycles. The molecule has 9 nitrogen and oxygen atoms in total. The smallest absolute Gasteiger partial charge is 0.266 e. The standard InChI is InChI=1S/C18H22N8O/c1-14-19-6-10-25(14)16-4-5-18(27)26(23-16)11-7-20-15-12-17(22-13-21-15)24-8-2-3-9-24/h4-6,10,12-13H,2-3,7-9,11H2,1H3,(H,20,21,22). The van der Waals surface area contributed by atoms with Crippen LogP contribution in [0.2, 0.25) is 0 Å². The van der Waals surface area contributed by atoms with E-state index in [-0.39, 0.29) is 5.56 Å². The maximum absolute atomic E-state index is 12.1. The zero-order chi connectivity index (χ0) is 18.6. The molecule has 0 atom stereocenters. The molecule has 1 N–H and O–H groups in total. The van der Waals surface area contributed by atoms with Crippen LogP contribution in [0.15, 0.2) is 41.7 Å². The molecular weight excluding hydrogens is 344 g/mol. The Labute approximate surface area is 156 Å². The Morgan fingerprint density at radius 3 is 2.74 bits per heavy atom. The summed E-state index contributed by atoms with van der Waals surface area (Å²) < 4.78 is 3.29. The van der Waals surface area contributed by atoms with Gasteiger partial charge in [0.05, 0.1) is 6.54 Å². The molecule has 140 valence electrons. The third-order valence-corrected chi connectivity index (χ3v) is 4.64. The summed E-state index contributed by atoms with van der Waals surface area (Å²) in [5.74, 6) is 3.18. The number of nitrogens with one attached hydrogen (secondary N) is 1. The number of nitrogens with zero attached hydrogens (tertiary/aromatic N) is 7. The zero-order valence-corrected chi connectivity index (χ0v) is 15.2. The molecule has 0 radical (unpaired) electrons. The van der Waals surface area contributed by atoms with Gasteiger partial charge in [0.2, 0.25) is 0 Å². The van der Waals surface area contributed by atoms with Gasteiger partial charge in [-0.3, -0.25) is 9.36 Å². The highest BCUT2D eigenvalue weighted by Gasteiger charge is 2.14. The molecule has 0 bridgehead atoms. The number of anilines is 2. The molecule has 4 rings (SSSR count). The van der Waals surface area contributed by atoms with Gasteiger partial charge in [-0.1, -0.05) is 0 Å². The molecule has 1 aliphatic heterocycles. The van der Waals surface area contributed by atoms with Crippen LogP contribution in [0, 0.1) is 6.92 Å². The Kier molecular flexibility index (Phi) is 4.82. The highest BCUT2D eigenvalue weighted by Crippen LogP contribution is 2.19. The second kappa shape index (κ2) is 7.56. The molecule has 0 amide bonds. The SMILES string of the molecule is Cc1nccn1-c1ccc(=O)n(CCNc2cc(N3CCCC3)ncn2)n1. The van der Waals surface area contributed by atoms with Gasteiger partial charge in [-0.2, -0.15) is 5.10 Å². The molecule has 27 heavy (non-hydrogen) atoms. The first kappa shape index (κ1) is 17.2. The van der Waals surface area contributed by atoms with E-state index < -0.39 is 0 Å². The average molecular weight is 366 g/mol. The quantitative estimate of drug-likeness (QED) is 0.701. The van der Waals surface area contributed by atoms with Crippen LogP contribution in [0.4, 0.5) is 11.6 Å². The lowest BCUT2D eigenvalue weighted by molar-refractivity contribution is 0.588. The Morgan fingerprint density at radius 1 is 1.11 bits per heavy atom. The lowest BCUT2D eigenvalue weighted by atomic mass is 10.4. The van der Waals surface area contributed by atoms with Gasteiger partial charge < -0.3 is 10.2 Å². The molecule has 4 heterocycles. The third kappa shape index (κ3) is 3.81. The predicted octanol–water partition coefficient (Wildman–Crippen LogP) is 1.24. The van der Waals surface area contributed by atoms with E-state index in [2.05, 4.69) is 30.3 Å². The van der Waals surface area contributed by atoms with E-state index in [9.17, 15) is 4.79 Å². The summed E-state index contributed by atoms with van der Waals surface area (Å²) in [6.45, 7) is 4.94. The van der Waals surface area contributed by atoms with E-state index in [0.29, 0.717) is 18.9 Å². The van der Waals surface area contributed by atoms with E-state index in [1.807, 2.05) is 23.8 Å². The minimum absolute atomic E-state index is 0.140. The van der Waals surface area contributed by atoms with E-state index in [1.165, 1.54) is 23.6 Å². The number of hydrogen-bond acceptors (Lipinski definition) is 7. The van der Waals surface area contributed by atoms with Gasteiger partial charge in [0.25, 0.3) is 5.56 Å². The van der Waals surface area contributed by atoms with Crippen molar-refractivity contribution < 1.29 is 0 Å². The van der Waals surface area contributed by atoms with E-state index in [0.717, 1.165) is 30.5 Å². The fourth-order valence-electron chi connectivity index (χ4n) is 3.20. The second-order valence-corrected chi connectivity index (χ2v) is 6.48. The van der Waals surface area contributed by atoms with Crippen LogP contribution < -0.4 is 15.8 Å². The average Bonchev–Trinajstić information content (AvgIpc) is 3.35. The van der Waals surface area contributed by atoms with Crippen molar-refractivity contribution in [3.05, 3.63) is 53.1 Å². The fraction of sp³-hybridized carbons (Fsp3) is 0.389. The second-order valence-electron chi connectivity index (χ2n) is 6.48. The summed E-state index contributed by atoms with van der Waals surface area (Å²) in [6.07, 6.45) is 7.51. The highest BCUT2D eigenvalue weighted by atomic mass is 16.1. The highest BCUT2D eigenvalue weighted by molar-refractivity contribution is 5.48. The molecule has 0 aliphatic carbocycles. The maximum atomic E-state index is 12.1. The Balaban J connectivity index is 1.43. The van der Waals surface area contributed by atoms with Crippen molar-refractivity contribution in [3.63, 3.8) is 0 Å². The summed E-state index contributed by atoms with van der Waals surface area (Å²) in [7, 11) is 0. The largest absolute Gasteiger partial charge is 0.368 e. The number of rotatable bonds is 6. The van der Waals surface area contributed by atoms with Gasteiger partial charge in [0, 0.05) is 44.2 Å². The normalized spacial score (nSPS) is 13.9. The van der Waals surface area contributed by atoms with E-state index >= 15 is 0 Å². The van der Waals surface area contributed by atoms with Gasteiger partial charge in [-0.25, -0.2) is 19.6 Å². The van der Waals surface area contributed by atoms with Crippen LogP contribution in [-0.4, -0.2) is 48.9 Å². The summed E-state index contributed by atoms with van der Waals surface area (Å²) in [5, 5.41) is 7.69. The third-order valence-electron chi connectivity index (χ3n) is 4.64. The molecule has 3 aromatic heterocycles. The first-order chi connectivity index (χ1) is 13.2. The number of imidazole rings is 1. The Bertz CT molecular complexity index is 973. The number of aromatic nitrogens is 6. The lowest BCUT2D eigenvalue weighted by Crippen LogP contribution is -2.27. The topological polar surface area (TPSA) is 93.8 Å². The molecule has 0 saturated carbocycles. The number of aryl methyl sites for hydroxylation is 1. The minimum Gasteiger partial charge on any atom is -0.368 e. The van der Waals surface area contributed by atoms with Crippen molar-refractivity contribution >= 4 is 11.6 Å². The van der Waals surface area contributed by atoms with Crippen LogP contribution >= 0.6 is 0 Å². The number of hydrogen-bond donors (Lipinski definition) is 1. The van der Waals surface area contributed by atoms with Gasteiger partial charge in [-0.05, 0) is 25.8 Å². The van der Waals surface area contributed by atoms with Crippen molar-refractivity contribution in [2.75, 3.05) is 29.9 Å². The summed E-state index contributed by atoms with van der Waals surface area (Å²) in [6, 6.07) is 5.18. The Morgan fingerprint density at radius 2 is 1.96 bits per heavy atom.